The number of halogens is 1. The highest BCUT2D eigenvalue weighted by molar-refractivity contribution is 5.82. The fourth-order valence-electron chi connectivity index (χ4n) is 6.26. The Morgan fingerprint density at radius 2 is 1.87 bits per heavy atom. The van der Waals surface area contributed by atoms with Crippen LogP contribution >= 0.6 is 0 Å². The number of carbonyl (C=O) groups excluding carboxylic acids is 1. The smallest absolute Gasteiger partial charge is 0.237 e. The summed E-state index contributed by atoms with van der Waals surface area (Å²) in [5.41, 5.74) is 6.10. The van der Waals surface area contributed by atoms with Gasteiger partial charge in [0.1, 0.15) is 6.17 Å². The number of alkyl halides is 1. The lowest BCUT2D eigenvalue weighted by molar-refractivity contribution is -0.124. The number of likely N-dealkylation sites (tertiary alicyclic amines) is 1. The van der Waals surface area contributed by atoms with Crippen molar-refractivity contribution in [3.05, 3.63) is 0 Å². The van der Waals surface area contributed by atoms with E-state index in [2.05, 4.69) is 46.4 Å². The molecule has 0 aromatic carbocycles. The highest BCUT2D eigenvalue weighted by atomic mass is 19.1. The summed E-state index contributed by atoms with van der Waals surface area (Å²) in [7, 11) is 4.34. The maximum atomic E-state index is 14.4. The van der Waals surface area contributed by atoms with Crippen molar-refractivity contribution in [2.45, 2.75) is 75.5 Å². The van der Waals surface area contributed by atoms with Crippen molar-refractivity contribution < 1.29 is 9.18 Å². The van der Waals surface area contributed by atoms with Gasteiger partial charge in [-0.05, 0) is 52.1 Å². The van der Waals surface area contributed by atoms with Gasteiger partial charge in [-0.1, -0.05) is 6.92 Å². The lowest BCUT2D eigenvalue weighted by atomic mass is 9.77. The Hall–Kier alpha value is -0.800. The first-order valence-corrected chi connectivity index (χ1v) is 11.9. The minimum Gasteiger partial charge on any atom is -0.352 e. The fourth-order valence-corrected chi connectivity index (χ4v) is 6.26. The molecule has 0 radical (unpaired) electrons. The zero-order chi connectivity index (χ0) is 21.4. The van der Waals surface area contributed by atoms with Crippen LogP contribution in [0, 0.1) is 11.8 Å². The molecule has 1 saturated carbocycles. The molecule has 0 aromatic heterocycles. The summed E-state index contributed by atoms with van der Waals surface area (Å²) in [5.74, 6) is 0.467. The number of nitrogens with one attached hydrogen (secondary N) is 2. The van der Waals surface area contributed by atoms with Crippen LogP contribution in [0.25, 0.3) is 0 Å². The van der Waals surface area contributed by atoms with Gasteiger partial charge >= 0.3 is 0 Å². The quantitative estimate of drug-likeness (QED) is 0.599. The number of amides is 1. The summed E-state index contributed by atoms with van der Waals surface area (Å²) < 4.78 is 14.4. The Kier molecular flexibility index (Phi) is 6.99. The molecule has 3 saturated heterocycles. The van der Waals surface area contributed by atoms with Crippen molar-refractivity contribution in [2.75, 3.05) is 46.8 Å². The van der Waals surface area contributed by atoms with Gasteiger partial charge in [-0.25, -0.2) is 4.39 Å². The molecule has 172 valence electrons. The van der Waals surface area contributed by atoms with E-state index in [0.29, 0.717) is 31.5 Å². The zero-order valence-electron chi connectivity index (χ0n) is 18.9. The maximum absolute atomic E-state index is 14.4. The predicted molar refractivity (Wildman–Crippen MR) is 117 cm³/mol. The number of hydrogen-bond donors (Lipinski definition) is 3. The van der Waals surface area contributed by atoms with Gasteiger partial charge in [-0.2, -0.15) is 0 Å². The molecular formula is C22H41FN6O. The summed E-state index contributed by atoms with van der Waals surface area (Å²) >= 11 is 0. The fraction of sp³-hybridized carbons (Fsp3) is 0.955. The second kappa shape index (κ2) is 9.36. The number of piperidine rings is 1. The first-order valence-electron chi connectivity index (χ1n) is 11.9. The van der Waals surface area contributed by atoms with E-state index in [1.807, 2.05) is 0 Å². The van der Waals surface area contributed by atoms with Crippen LogP contribution in [-0.4, -0.2) is 104 Å². The summed E-state index contributed by atoms with van der Waals surface area (Å²) in [5, 5.41) is 6.79. The second-order valence-electron chi connectivity index (χ2n) is 10.3. The largest absolute Gasteiger partial charge is 0.352 e. The monoisotopic (exact) mass is 424 g/mol. The molecule has 30 heavy (non-hydrogen) atoms. The van der Waals surface area contributed by atoms with E-state index < -0.39 is 6.17 Å². The van der Waals surface area contributed by atoms with Crippen molar-refractivity contribution in [3.8, 4) is 0 Å². The lowest BCUT2D eigenvalue weighted by Gasteiger charge is -2.49. The number of nitrogens with zero attached hydrogens (tertiary/aromatic N) is 3. The van der Waals surface area contributed by atoms with E-state index in [1.54, 1.807) is 0 Å². The molecule has 0 bridgehead atoms. The molecule has 1 amide bonds. The Bertz CT molecular complexity index is 582. The van der Waals surface area contributed by atoms with Crippen LogP contribution in [0.4, 0.5) is 4.39 Å². The second-order valence-corrected chi connectivity index (χ2v) is 10.3. The molecule has 4 rings (SSSR count). The van der Waals surface area contributed by atoms with Crippen molar-refractivity contribution in [1.82, 2.24) is 25.3 Å². The van der Waals surface area contributed by atoms with Crippen molar-refractivity contribution in [3.63, 3.8) is 0 Å². The Balaban J connectivity index is 1.38. The lowest BCUT2D eigenvalue weighted by Crippen LogP contribution is -2.63. The van der Waals surface area contributed by atoms with Gasteiger partial charge in [0.25, 0.3) is 0 Å². The van der Waals surface area contributed by atoms with Crippen LogP contribution in [-0.2, 0) is 4.79 Å². The summed E-state index contributed by atoms with van der Waals surface area (Å²) in [6.45, 7) is 7.03. The number of fused-ring (bicyclic) bond motifs is 1. The van der Waals surface area contributed by atoms with Gasteiger partial charge < -0.3 is 21.3 Å². The molecule has 0 aromatic rings. The van der Waals surface area contributed by atoms with Crippen molar-refractivity contribution in [1.29, 1.82) is 0 Å². The number of piperazine rings is 1. The zero-order valence-corrected chi connectivity index (χ0v) is 18.9. The standard InChI is InChI=1S/C22H41FN6O/c1-14-4-5-18(23)17-12-19(26-21(14)17)22(30)25-15-10-16(13-24)28(3)20(11-15)29-8-6-27(2)7-9-29/h14-21,26H,4-13,24H2,1-3H3,(H,25,30). The third-order valence-electron chi connectivity index (χ3n) is 8.33. The van der Waals surface area contributed by atoms with Gasteiger partial charge in [0, 0.05) is 56.8 Å². The Morgan fingerprint density at radius 3 is 2.53 bits per heavy atom. The van der Waals surface area contributed by atoms with E-state index in [4.69, 9.17) is 5.73 Å². The topological polar surface area (TPSA) is 76.9 Å². The average molecular weight is 425 g/mol. The third kappa shape index (κ3) is 4.53. The molecule has 8 unspecified atom stereocenters. The highest BCUT2D eigenvalue weighted by Crippen LogP contribution is 2.38. The first-order chi connectivity index (χ1) is 14.4. The number of rotatable bonds is 4. The van der Waals surface area contributed by atoms with Crippen LogP contribution in [0.1, 0.15) is 39.0 Å². The van der Waals surface area contributed by atoms with Gasteiger partial charge in [0.05, 0.1) is 12.2 Å². The Morgan fingerprint density at radius 1 is 1.13 bits per heavy atom. The molecule has 1 aliphatic carbocycles. The number of likely N-dealkylation sites (N-methyl/N-ethyl adjacent to an activating group) is 2. The first kappa shape index (κ1) is 22.4. The van der Waals surface area contributed by atoms with Crippen LogP contribution in [0.5, 0.6) is 0 Å². The van der Waals surface area contributed by atoms with Crippen LogP contribution in [0.15, 0.2) is 0 Å². The van der Waals surface area contributed by atoms with Crippen molar-refractivity contribution >= 4 is 5.91 Å². The third-order valence-corrected chi connectivity index (χ3v) is 8.33. The van der Waals surface area contributed by atoms with Crippen LogP contribution in [0.3, 0.4) is 0 Å². The Labute approximate surface area is 180 Å². The normalized spacial score (nSPS) is 44.0. The molecular weight excluding hydrogens is 383 g/mol. The molecule has 4 fully saturated rings. The number of hydrogen-bond acceptors (Lipinski definition) is 6. The van der Waals surface area contributed by atoms with E-state index in [0.717, 1.165) is 45.4 Å². The minimum absolute atomic E-state index is 0.0168. The average Bonchev–Trinajstić information content (AvgIpc) is 3.20. The number of nitrogens with two attached hydrogens (primary N) is 1. The van der Waals surface area contributed by atoms with Gasteiger partial charge in [0.2, 0.25) is 5.91 Å². The number of carbonyl (C=O) groups is 1. The highest BCUT2D eigenvalue weighted by Gasteiger charge is 2.47. The SMILES string of the molecule is CC1CCC(F)C2CC(C(=O)NC3CC(CN)N(C)C(N4CCN(C)CC4)C3)NC12. The van der Waals surface area contributed by atoms with Crippen molar-refractivity contribution in [2.24, 2.45) is 17.6 Å². The minimum atomic E-state index is -0.775. The molecule has 8 heteroatoms. The molecule has 0 spiro atoms. The van der Waals surface area contributed by atoms with E-state index >= 15 is 0 Å². The van der Waals surface area contributed by atoms with E-state index in [1.165, 1.54) is 0 Å². The molecule has 3 aliphatic heterocycles. The molecule has 7 nitrogen and oxygen atoms in total. The molecule has 8 atom stereocenters. The van der Waals surface area contributed by atoms with Gasteiger partial charge in [-0.15, -0.1) is 0 Å². The van der Waals surface area contributed by atoms with Crippen LogP contribution < -0.4 is 16.4 Å². The summed E-state index contributed by atoms with van der Waals surface area (Å²) in [6.07, 6.45) is 3.50. The maximum Gasteiger partial charge on any atom is 0.237 e. The predicted octanol–water partition coefficient (Wildman–Crippen LogP) is 0.212. The summed E-state index contributed by atoms with van der Waals surface area (Å²) in [6, 6.07) is 0.256. The summed E-state index contributed by atoms with van der Waals surface area (Å²) in [4.78, 5) is 20.4. The molecule has 4 N–H and O–H groups in total. The van der Waals surface area contributed by atoms with Gasteiger partial charge in [0.15, 0.2) is 0 Å². The van der Waals surface area contributed by atoms with Gasteiger partial charge in [-0.3, -0.25) is 14.6 Å². The van der Waals surface area contributed by atoms with E-state index in [9.17, 15) is 9.18 Å². The molecule has 4 aliphatic rings. The molecule has 3 heterocycles. The van der Waals surface area contributed by atoms with E-state index in [-0.39, 0.29) is 36.0 Å². The van der Waals surface area contributed by atoms with Crippen LogP contribution in [0.2, 0.25) is 0 Å².